The lowest BCUT2D eigenvalue weighted by Gasteiger charge is -2.28. The average Bonchev–Trinajstić information content (AvgIpc) is 2.47. The van der Waals surface area contributed by atoms with E-state index in [1.807, 2.05) is 0 Å². The second kappa shape index (κ2) is 3.29. The van der Waals surface area contributed by atoms with E-state index >= 15 is 0 Å². The zero-order valence-corrected chi connectivity index (χ0v) is 8.01. The molecule has 0 aromatic heterocycles. The molecule has 1 aliphatic carbocycles. The van der Waals surface area contributed by atoms with Gasteiger partial charge < -0.3 is 11.1 Å². The van der Waals surface area contributed by atoms with Crippen LogP contribution in [0.2, 0.25) is 0 Å². The summed E-state index contributed by atoms with van der Waals surface area (Å²) in [5.74, 6) is 0.0689. The van der Waals surface area contributed by atoms with E-state index < -0.39 is 0 Å². The molecule has 0 aromatic carbocycles. The van der Waals surface area contributed by atoms with Crippen molar-refractivity contribution in [3.05, 3.63) is 0 Å². The van der Waals surface area contributed by atoms with Crippen LogP contribution in [0, 0.1) is 0 Å². The van der Waals surface area contributed by atoms with Crippen LogP contribution in [-0.2, 0) is 4.79 Å². The number of hydrogen-bond donors (Lipinski definition) is 2. The molecule has 1 saturated carbocycles. The molecule has 2 rings (SSSR count). The van der Waals surface area contributed by atoms with Crippen LogP contribution in [0.25, 0.3) is 0 Å². The summed E-state index contributed by atoms with van der Waals surface area (Å²) in [6.07, 6.45) is 7.92. The smallest absolute Gasteiger partial charge is 0.237 e. The highest BCUT2D eigenvalue weighted by atomic mass is 16.2. The van der Waals surface area contributed by atoms with Gasteiger partial charge >= 0.3 is 0 Å². The van der Waals surface area contributed by atoms with Gasteiger partial charge in [0.25, 0.3) is 0 Å². The Kier molecular flexibility index (Phi) is 2.28. The fourth-order valence-corrected chi connectivity index (χ4v) is 2.63. The van der Waals surface area contributed by atoms with Crippen molar-refractivity contribution in [2.75, 3.05) is 0 Å². The fraction of sp³-hybridized carbons (Fsp3) is 0.900. The van der Waals surface area contributed by atoms with Crippen molar-refractivity contribution in [2.45, 2.75) is 56.5 Å². The van der Waals surface area contributed by atoms with Gasteiger partial charge in [0.15, 0.2) is 0 Å². The summed E-state index contributed by atoms with van der Waals surface area (Å²) in [5, 5.41) is 3.14. The van der Waals surface area contributed by atoms with Gasteiger partial charge in [-0.1, -0.05) is 12.8 Å². The highest BCUT2D eigenvalue weighted by Gasteiger charge is 2.37. The molecule has 1 aliphatic heterocycles. The van der Waals surface area contributed by atoms with Crippen LogP contribution in [0.4, 0.5) is 0 Å². The molecule has 3 heteroatoms. The summed E-state index contributed by atoms with van der Waals surface area (Å²) in [5.41, 5.74) is 5.85. The Bertz CT molecular complexity index is 209. The molecule has 1 heterocycles. The van der Waals surface area contributed by atoms with Crippen LogP contribution in [0.5, 0.6) is 0 Å². The zero-order chi connectivity index (χ0) is 9.31. The van der Waals surface area contributed by atoms with Gasteiger partial charge in [0, 0.05) is 5.54 Å². The van der Waals surface area contributed by atoms with Crippen LogP contribution >= 0.6 is 0 Å². The highest BCUT2D eigenvalue weighted by Crippen LogP contribution is 2.35. The van der Waals surface area contributed by atoms with Crippen LogP contribution in [0.1, 0.15) is 44.9 Å². The molecule has 1 saturated heterocycles. The standard InChI is InChI=1S/C10H18N2O/c11-8-4-3-7-10(12-9(8)13)5-1-2-6-10/h8H,1-7,11H2,(H,12,13). The minimum absolute atomic E-state index is 0.0689. The minimum atomic E-state index is -0.264. The topological polar surface area (TPSA) is 55.1 Å². The Hall–Kier alpha value is -0.570. The van der Waals surface area contributed by atoms with E-state index in [-0.39, 0.29) is 17.5 Å². The molecule has 1 spiro atoms. The van der Waals surface area contributed by atoms with E-state index in [1.54, 1.807) is 0 Å². The molecule has 3 nitrogen and oxygen atoms in total. The number of carbonyl (C=O) groups is 1. The SMILES string of the molecule is NC1CCCC2(CCCC2)NC1=O. The summed E-state index contributed by atoms with van der Waals surface area (Å²) in [4.78, 5) is 11.5. The average molecular weight is 182 g/mol. The molecular weight excluding hydrogens is 164 g/mol. The molecule has 1 atom stereocenters. The van der Waals surface area contributed by atoms with Crippen molar-refractivity contribution in [1.29, 1.82) is 0 Å². The normalized spacial score (nSPS) is 33.0. The number of amides is 1. The summed E-state index contributed by atoms with van der Waals surface area (Å²) < 4.78 is 0. The van der Waals surface area contributed by atoms with Gasteiger partial charge in [0.2, 0.25) is 5.91 Å². The molecule has 74 valence electrons. The number of rotatable bonds is 0. The first-order valence-electron chi connectivity index (χ1n) is 5.30. The predicted octanol–water partition coefficient (Wildman–Crippen LogP) is 0.927. The largest absolute Gasteiger partial charge is 0.349 e. The first kappa shape index (κ1) is 9.00. The Morgan fingerprint density at radius 2 is 1.85 bits per heavy atom. The quantitative estimate of drug-likeness (QED) is 0.585. The van der Waals surface area contributed by atoms with Gasteiger partial charge in [0.05, 0.1) is 6.04 Å². The van der Waals surface area contributed by atoms with E-state index in [0.29, 0.717) is 0 Å². The van der Waals surface area contributed by atoms with Crippen LogP contribution in [-0.4, -0.2) is 17.5 Å². The second-order valence-corrected chi connectivity index (χ2v) is 4.48. The summed E-state index contributed by atoms with van der Waals surface area (Å²) in [6.45, 7) is 0. The molecular formula is C10H18N2O. The maximum atomic E-state index is 11.5. The molecule has 13 heavy (non-hydrogen) atoms. The summed E-state index contributed by atoms with van der Waals surface area (Å²) in [6, 6.07) is -0.264. The third-order valence-corrected chi connectivity index (χ3v) is 3.46. The predicted molar refractivity (Wildman–Crippen MR) is 51.2 cm³/mol. The fourth-order valence-electron chi connectivity index (χ4n) is 2.63. The lowest BCUT2D eigenvalue weighted by atomic mass is 9.92. The van der Waals surface area contributed by atoms with Gasteiger partial charge in [-0.3, -0.25) is 4.79 Å². The van der Waals surface area contributed by atoms with Gasteiger partial charge in [-0.2, -0.15) is 0 Å². The van der Waals surface area contributed by atoms with E-state index in [4.69, 9.17) is 5.73 Å². The van der Waals surface area contributed by atoms with Gasteiger partial charge in [-0.15, -0.1) is 0 Å². The number of carbonyl (C=O) groups excluding carboxylic acids is 1. The molecule has 0 bridgehead atoms. The first-order chi connectivity index (χ1) is 6.22. The summed E-state index contributed by atoms with van der Waals surface area (Å²) >= 11 is 0. The maximum absolute atomic E-state index is 11.5. The van der Waals surface area contributed by atoms with Crippen LogP contribution < -0.4 is 11.1 Å². The van der Waals surface area contributed by atoms with E-state index in [9.17, 15) is 4.79 Å². The molecule has 3 N–H and O–H groups in total. The molecule has 0 radical (unpaired) electrons. The molecule has 2 fully saturated rings. The Morgan fingerprint density at radius 3 is 2.54 bits per heavy atom. The first-order valence-corrected chi connectivity index (χ1v) is 5.30. The van der Waals surface area contributed by atoms with Crippen LogP contribution in [0.15, 0.2) is 0 Å². The third kappa shape index (κ3) is 1.70. The minimum Gasteiger partial charge on any atom is -0.349 e. The molecule has 1 amide bonds. The third-order valence-electron chi connectivity index (χ3n) is 3.46. The van der Waals surface area contributed by atoms with Crippen LogP contribution in [0.3, 0.4) is 0 Å². The molecule has 2 aliphatic rings. The maximum Gasteiger partial charge on any atom is 0.237 e. The van der Waals surface area contributed by atoms with Crippen molar-refractivity contribution in [3.8, 4) is 0 Å². The lowest BCUT2D eigenvalue weighted by molar-refractivity contribution is -0.123. The van der Waals surface area contributed by atoms with E-state index in [1.165, 1.54) is 12.8 Å². The Morgan fingerprint density at radius 1 is 1.23 bits per heavy atom. The van der Waals surface area contributed by atoms with Crippen molar-refractivity contribution in [2.24, 2.45) is 5.73 Å². The van der Waals surface area contributed by atoms with E-state index in [0.717, 1.165) is 32.1 Å². The zero-order valence-electron chi connectivity index (χ0n) is 8.01. The van der Waals surface area contributed by atoms with Crippen molar-refractivity contribution in [3.63, 3.8) is 0 Å². The highest BCUT2D eigenvalue weighted by molar-refractivity contribution is 5.82. The van der Waals surface area contributed by atoms with E-state index in [2.05, 4.69) is 5.32 Å². The van der Waals surface area contributed by atoms with Gasteiger partial charge in [-0.25, -0.2) is 0 Å². The molecule has 0 aromatic rings. The Balaban J connectivity index is 2.09. The van der Waals surface area contributed by atoms with Gasteiger partial charge in [0.1, 0.15) is 0 Å². The van der Waals surface area contributed by atoms with Crippen molar-refractivity contribution in [1.82, 2.24) is 5.32 Å². The monoisotopic (exact) mass is 182 g/mol. The Labute approximate surface area is 79.1 Å². The number of nitrogens with two attached hydrogens (primary N) is 1. The second-order valence-electron chi connectivity index (χ2n) is 4.48. The molecule has 1 unspecified atom stereocenters. The van der Waals surface area contributed by atoms with Crippen molar-refractivity contribution >= 4 is 5.91 Å². The van der Waals surface area contributed by atoms with Gasteiger partial charge in [-0.05, 0) is 32.1 Å². The number of hydrogen-bond acceptors (Lipinski definition) is 2. The summed E-state index contributed by atoms with van der Waals surface area (Å²) in [7, 11) is 0. The number of nitrogens with one attached hydrogen (secondary N) is 1. The van der Waals surface area contributed by atoms with Crippen molar-refractivity contribution < 1.29 is 4.79 Å². The lowest BCUT2D eigenvalue weighted by Crippen LogP contribution is -2.49.